The summed E-state index contributed by atoms with van der Waals surface area (Å²) in [4.78, 5) is 0. The van der Waals surface area contributed by atoms with Gasteiger partial charge in [0.2, 0.25) is 0 Å². The molecule has 0 bridgehead atoms. The summed E-state index contributed by atoms with van der Waals surface area (Å²) >= 11 is 1.81. The van der Waals surface area contributed by atoms with E-state index in [9.17, 15) is 0 Å². The Morgan fingerprint density at radius 3 is 3.00 bits per heavy atom. The lowest BCUT2D eigenvalue weighted by molar-refractivity contribution is 0.442. The number of nitrogens with one attached hydrogen (secondary N) is 1. The molecule has 84 valence electrons. The van der Waals surface area contributed by atoms with Gasteiger partial charge in [-0.25, -0.2) is 0 Å². The summed E-state index contributed by atoms with van der Waals surface area (Å²) in [7, 11) is 0. The summed E-state index contributed by atoms with van der Waals surface area (Å²) < 4.78 is 0. The Morgan fingerprint density at radius 1 is 1.53 bits per heavy atom. The first-order valence-corrected chi connectivity index (χ1v) is 7.07. The van der Waals surface area contributed by atoms with Crippen LogP contribution in [0.25, 0.3) is 0 Å². The van der Waals surface area contributed by atoms with E-state index in [-0.39, 0.29) is 0 Å². The highest BCUT2D eigenvalue weighted by atomic mass is 32.1. The summed E-state index contributed by atoms with van der Waals surface area (Å²) in [6.07, 6.45) is 6.90. The second kappa shape index (κ2) is 5.66. The van der Waals surface area contributed by atoms with E-state index in [0.29, 0.717) is 0 Å². The molecule has 2 rings (SSSR count). The van der Waals surface area contributed by atoms with Gasteiger partial charge in [-0.1, -0.05) is 19.8 Å². The lowest BCUT2D eigenvalue weighted by Gasteiger charge is -2.17. The van der Waals surface area contributed by atoms with Gasteiger partial charge < -0.3 is 5.32 Å². The summed E-state index contributed by atoms with van der Waals surface area (Å²) in [5.41, 5.74) is 1.51. The van der Waals surface area contributed by atoms with Crippen molar-refractivity contribution in [1.82, 2.24) is 5.32 Å². The minimum atomic E-state index is 0.752. The van der Waals surface area contributed by atoms with Crippen molar-refractivity contribution in [1.29, 1.82) is 0 Å². The molecule has 1 nitrogen and oxygen atoms in total. The zero-order chi connectivity index (χ0) is 10.5. The van der Waals surface area contributed by atoms with Crippen molar-refractivity contribution < 1.29 is 0 Å². The molecular weight excluding hydrogens is 202 g/mol. The van der Waals surface area contributed by atoms with Gasteiger partial charge in [-0.05, 0) is 54.1 Å². The molecule has 1 aromatic rings. The second-order valence-corrected chi connectivity index (χ2v) is 5.38. The first-order valence-electron chi connectivity index (χ1n) is 6.13. The molecule has 2 heteroatoms. The fourth-order valence-corrected chi connectivity index (χ4v) is 2.83. The maximum absolute atomic E-state index is 3.62. The number of hydrogen-bond donors (Lipinski definition) is 1. The highest BCUT2D eigenvalue weighted by molar-refractivity contribution is 7.07. The van der Waals surface area contributed by atoms with E-state index in [1.54, 1.807) is 0 Å². The van der Waals surface area contributed by atoms with Crippen LogP contribution in [-0.4, -0.2) is 12.6 Å². The maximum Gasteiger partial charge on any atom is 0.00727 e. The largest absolute Gasteiger partial charge is 0.314 e. The Labute approximate surface area is 96.9 Å². The highest BCUT2D eigenvalue weighted by Crippen LogP contribution is 2.34. The first-order chi connectivity index (χ1) is 7.38. The van der Waals surface area contributed by atoms with Crippen LogP contribution in [0.15, 0.2) is 16.8 Å². The van der Waals surface area contributed by atoms with Crippen LogP contribution < -0.4 is 5.32 Å². The van der Waals surface area contributed by atoms with E-state index >= 15 is 0 Å². The van der Waals surface area contributed by atoms with E-state index in [4.69, 9.17) is 0 Å². The summed E-state index contributed by atoms with van der Waals surface area (Å²) in [5, 5.41) is 8.08. The number of rotatable bonds is 7. The Morgan fingerprint density at radius 2 is 2.40 bits per heavy atom. The van der Waals surface area contributed by atoms with E-state index in [2.05, 4.69) is 29.1 Å². The average molecular weight is 223 g/mol. The van der Waals surface area contributed by atoms with Crippen molar-refractivity contribution in [3.05, 3.63) is 22.4 Å². The van der Waals surface area contributed by atoms with Gasteiger partial charge >= 0.3 is 0 Å². The fourth-order valence-electron chi connectivity index (χ4n) is 2.12. The van der Waals surface area contributed by atoms with Gasteiger partial charge in [-0.15, -0.1) is 0 Å². The molecule has 1 atom stereocenters. The second-order valence-electron chi connectivity index (χ2n) is 4.60. The molecule has 15 heavy (non-hydrogen) atoms. The van der Waals surface area contributed by atoms with Crippen LogP contribution >= 0.6 is 11.3 Å². The third kappa shape index (κ3) is 3.96. The van der Waals surface area contributed by atoms with Gasteiger partial charge in [0.15, 0.2) is 0 Å². The Kier molecular flexibility index (Phi) is 4.21. The molecule has 1 unspecified atom stereocenters. The van der Waals surface area contributed by atoms with Crippen LogP contribution in [0.1, 0.15) is 38.2 Å². The maximum atomic E-state index is 3.62. The van der Waals surface area contributed by atoms with Gasteiger partial charge in [-0.3, -0.25) is 0 Å². The van der Waals surface area contributed by atoms with Gasteiger partial charge in [0.05, 0.1) is 0 Å². The van der Waals surface area contributed by atoms with Crippen LogP contribution in [0.2, 0.25) is 0 Å². The molecule has 0 aromatic carbocycles. The van der Waals surface area contributed by atoms with Crippen LogP contribution in [0.5, 0.6) is 0 Å². The number of thiophene rings is 1. The van der Waals surface area contributed by atoms with Crippen LogP contribution in [0.3, 0.4) is 0 Å². The van der Waals surface area contributed by atoms with Crippen molar-refractivity contribution in [2.75, 3.05) is 6.54 Å². The predicted molar refractivity (Wildman–Crippen MR) is 67.4 cm³/mol. The molecule has 1 aliphatic carbocycles. The Bertz CT molecular complexity index is 264. The summed E-state index contributed by atoms with van der Waals surface area (Å²) in [5.74, 6) is 1.04. The first kappa shape index (κ1) is 11.2. The zero-order valence-corrected chi connectivity index (χ0v) is 10.4. The lowest BCUT2D eigenvalue weighted by atomic mass is 10.0. The molecule has 0 aliphatic heterocycles. The van der Waals surface area contributed by atoms with Gasteiger partial charge in [0, 0.05) is 6.04 Å². The molecule has 0 radical (unpaired) electrons. The molecule has 0 amide bonds. The topological polar surface area (TPSA) is 12.0 Å². The van der Waals surface area contributed by atoms with E-state index in [1.807, 2.05) is 11.3 Å². The SMILES string of the molecule is CCNC(CCc1ccsc1)CC1CC1. The molecule has 1 N–H and O–H groups in total. The molecule has 0 saturated heterocycles. The van der Waals surface area contributed by atoms with E-state index in [1.165, 1.54) is 37.7 Å². The molecule has 1 aromatic heterocycles. The number of hydrogen-bond acceptors (Lipinski definition) is 2. The zero-order valence-electron chi connectivity index (χ0n) is 9.54. The third-order valence-corrected chi connectivity index (χ3v) is 3.90. The number of aryl methyl sites for hydroxylation is 1. The highest BCUT2D eigenvalue weighted by Gasteiger charge is 2.24. The minimum Gasteiger partial charge on any atom is -0.314 e. The molecule has 1 heterocycles. The lowest BCUT2D eigenvalue weighted by Crippen LogP contribution is -2.29. The molecule has 0 spiro atoms. The fraction of sp³-hybridized carbons (Fsp3) is 0.692. The van der Waals surface area contributed by atoms with E-state index < -0.39 is 0 Å². The van der Waals surface area contributed by atoms with Gasteiger partial charge in [0.1, 0.15) is 0 Å². The molecule has 1 fully saturated rings. The van der Waals surface area contributed by atoms with Crippen molar-refractivity contribution in [3.8, 4) is 0 Å². The minimum absolute atomic E-state index is 0.752. The Hall–Kier alpha value is -0.340. The third-order valence-electron chi connectivity index (χ3n) is 3.17. The Balaban J connectivity index is 1.72. The van der Waals surface area contributed by atoms with Crippen molar-refractivity contribution in [2.45, 2.75) is 45.1 Å². The predicted octanol–water partition coefficient (Wildman–Crippen LogP) is 3.46. The standard InChI is InChI=1S/C13H21NS/c1-2-14-13(9-11-3-4-11)6-5-12-7-8-15-10-12/h7-8,10-11,13-14H,2-6,9H2,1H3. The average Bonchev–Trinajstić information content (AvgIpc) is 2.90. The quantitative estimate of drug-likeness (QED) is 0.746. The summed E-state index contributed by atoms with van der Waals surface area (Å²) in [6, 6.07) is 3.01. The van der Waals surface area contributed by atoms with Crippen molar-refractivity contribution in [2.24, 2.45) is 5.92 Å². The molecule has 1 saturated carbocycles. The van der Waals surface area contributed by atoms with Crippen molar-refractivity contribution >= 4 is 11.3 Å². The monoisotopic (exact) mass is 223 g/mol. The summed E-state index contributed by atoms with van der Waals surface area (Å²) in [6.45, 7) is 3.32. The van der Waals surface area contributed by atoms with Gasteiger partial charge in [0.25, 0.3) is 0 Å². The van der Waals surface area contributed by atoms with E-state index in [0.717, 1.165) is 18.5 Å². The van der Waals surface area contributed by atoms with Crippen LogP contribution in [0, 0.1) is 5.92 Å². The van der Waals surface area contributed by atoms with Crippen LogP contribution in [0.4, 0.5) is 0 Å². The molecule has 1 aliphatic rings. The van der Waals surface area contributed by atoms with Crippen LogP contribution in [-0.2, 0) is 6.42 Å². The van der Waals surface area contributed by atoms with Crippen molar-refractivity contribution in [3.63, 3.8) is 0 Å². The molecular formula is C13H21NS. The normalized spacial score (nSPS) is 17.9. The smallest absolute Gasteiger partial charge is 0.00727 e. The van der Waals surface area contributed by atoms with Gasteiger partial charge in [-0.2, -0.15) is 11.3 Å².